The first-order valence-electron chi connectivity index (χ1n) is 5.55. The van der Waals surface area contributed by atoms with Gasteiger partial charge in [-0.1, -0.05) is 26.8 Å². The Labute approximate surface area is 93.2 Å². The van der Waals surface area contributed by atoms with Gasteiger partial charge in [0.15, 0.2) is 11.5 Å². The van der Waals surface area contributed by atoms with Crippen LogP contribution in [0.2, 0.25) is 0 Å². The maximum absolute atomic E-state index is 5.51. The van der Waals surface area contributed by atoms with Crippen LogP contribution in [0, 0.1) is 6.92 Å². The van der Waals surface area contributed by atoms with Crippen LogP contribution in [0.4, 0.5) is 0 Å². The van der Waals surface area contributed by atoms with Crippen LogP contribution >= 0.6 is 0 Å². The summed E-state index contributed by atoms with van der Waals surface area (Å²) in [5.41, 5.74) is 1.18. The fourth-order valence-electron chi connectivity index (χ4n) is 1.11. The number of aryl methyl sites for hydroxylation is 1. The van der Waals surface area contributed by atoms with Crippen molar-refractivity contribution in [1.82, 2.24) is 0 Å². The maximum Gasteiger partial charge on any atom is 0.161 e. The molecular weight excluding hydrogens is 188 g/mol. The summed E-state index contributed by atoms with van der Waals surface area (Å²) in [5, 5.41) is 0. The Morgan fingerprint density at radius 2 is 1.80 bits per heavy atom. The van der Waals surface area contributed by atoms with Crippen molar-refractivity contribution in [3.63, 3.8) is 0 Å². The van der Waals surface area contributed by atoms with Crippen molar-refractivity contribution < 1.29 is 9.47 Å². The molecule has 0 heterocycles. The third-order valence-electron chi connectivity index (χ3n) is 1.78. The molecule has 1 aromatic rings. The normalized spacial score (nSPS) is 8.87. The average molecular weight is 210 g/mol. The van der Waals surface area contributed by atoms with E-state index in [1.54, 1.807) is 7.11 Å². The zero-order chi connectivity index (χ0) is 11.7. The Hall–Kier alpha value is -1.18. The Balaban J connectivity index is 0.000000921. The van der Waals surface area contributed by atoms with Crippen LogP contribution < -0.4 is 9.47 Å². The monoisotopic (exact) mass is 210 g/mol. The predicted molar refractivity (Wildman–Crippen MR) is 64.9 cm³/mol. The van der Waals surface area contributed by atoms with Crippen molar-refractivity contribution in [1.29, 1.82) is 0 Å². The van der Waals surface area contributed by atoms with Gasteiger partial charge in [0.05, 0.1) is 13.7 Å². The third kappa shape index (κ3) is 4.73. The van der Waals surface area contributed by atoms with Gasteiger partial charge in [-0.3, -0.25) is 0 Å². The number of hydrogen-bond acceptors (Lipinski definition) is 2. The molecule has 2 heteroatoms. The Kier molecular flexibility index (Phi) is 7.51. The van der Waals surface area contributed by atoms with Gasteiger partial charge in [-0.15, -0.1) is 0 Å². The second-order valence-corrected chi connectivity index (χ2v) is 3.00. The number of ether oxygens (including phenoxy) is 2. The van der Waals surface area contributed by atoms with Gasteiger partial charge in [0.2, 0.25) is 0 Å². The summed E-state index contributed by atoms with van der Waals surface area (Å²) >= 11 is 0. The van der Waals surface area contributed by atoms with Crippen LogP contribution in [-0.2, 0) is 0 Å². The lowest BCUT2D eigenvalue weighted by molar-refractivity contribution is 0.294. The molecule has 0 atom stereocenters. The van der Waals surface area contributed by atoms with E-state index in [4.69, 9.17) is 9.47 Å². The quantitative estimate of drug-likeness (QED) is 0.752. The number of rotatable bonds is 4. The molecular formula is C13H22O2. The minimum absolute atomic E-state index is 0.736. The fraction of sp³-hybridized carbons (Fsp3) is 0.538. The largest absolute Gasteiger partial charge is 0.493 e. The molecule has 0 saturated heterocycles. The van der Waals surface area contributed by atoms with E-state index in [-0.39, 0.29) is 0 Å². The minimum atomic E-state index is 0.736. The Bertz CT molecular complexity index is 269. The lowest BCUT2D eigenvalue weighted by atomic mass is 10.2. The first kappa shape index (κ1) is 13.8. The molecule has 1 aromatic carbocycles. The van der Waals surface area contributed by atoms with Gasteiger partial charge in [0.25, 0.3) is 0 Å². The van der Waals surface area contributed by atoms with Crippen molar-refractivity contribution in [2.75, 3.05) is 13.7 Å². The molecule has 1 rings (SSSR count). The highest BCUT2D eigenvalue weighted by Crippen LogP contribution is 2.27. The molecule has 15 heavy (non-hydrogen) atoms. The molecule has 0 aliphatic heterocycles. The van der Waals surface area contributed by atoms with Crippen molar-refractivity contribution in [3.8, 4) is 11.5 Å². The van der Waals surface area contributed by atoms with Crippen LogP contribution in [0.15, 0.2) is 18.2 Å². The van der Waals surface area contributed by atoms with Crippen LogP contribution in [-0.4, -0.2) is 13.7 Å². The molecule has 0 aliphatic carbocycles. The summed E-state index contributed by atoms with van der Waals surface area (Å²) in [6.45, 7) is 8.85. The highest BCUT2D eigenvalue weighted by atomic mass is 16.5. The van der Waals surface area contributed by atoms with E-state index in [0.717, 1.165) is 24.5 Å². The molecule has 2 nitrogen and oxygen atoms in total. The molecule has 0 bridgehead atoms. The van der Waals surface area contributed by atoms with Crippen LogP contribution in [0.25, 0.3) is 0 Å². The fourth-order valence-corrected chi connectivity index (χ4v) is 1.11. The number of methoxy groups -OCH3 is 1. The van der Waals surface area contributed by atoms with E-state index in [2.05, 4.69) is 6.92 Å². The lowest BCUT2D eigenvalue weighted by Crippen LogP contribution is -1.97. The first-order chi connectivity index (χ1) is 7.27. The Morgan fingerprint density at radius 1 is 1.13 bits per heavy atom. The summed E-state index contributed by atoms with van der Waals surface area (Å²) in [5.74, 6) is 1.64. The maximum atomic E-state index is 5.51. The molecule has 0 saturated carbocycles. The summed E-state index contributed by atoms with van der Waals surface area (Å²) in [6.07, 6.45) is 1.01. The van der Waals surface area contributed by atoms with E-state index < -0.39 is 0 Å². The standard InChI is InChI=1S/C11H16O2.C2H6/c1-4-7-13-10-6-5-9(2)8-11(10)12-3;1-2/h5-6,8H,4,7H2,1-3H3;1-2H3. The van der Waals surface area contributed by atoms with E-state index in [1.165, 1.54) is 5.56 Å². The van der Waals surface area contributed by atoms with Crippen LogP contribution in [0.3, 0.4) is 0 Å². The van der Waals surface area contributed by atoms with Gasteiger partial charge in [0, 0.05) is 0 Å². The second kappa shape index (κ2) is 8.16. The van der Waals surface area contributed by atoms with Crippen LogP contribution in [0.1, 0.15) is 32.8 Å². The summed E-state index contributed by atoms with van der Waals surface area (Å²) in [7, 11) is 1.66. The average Bonchev–Trinajstić information content (AvgIpc) is 2.30. The number of benzene rings is 1. The topological polar surface area (TPSA) is 18.5 Å². The zero-order valence-corrected chi connectivity index (χ0v) is 10.5. The van der Waals surface area contributed by atoms with Crippen molar-refractivity contribution in [2.45, 2.75) is 34.1 Å². The molecule has 0 N–H and O–H groups in total. The van der Waals surface area contributed by atoms with E-state index in [1.807, 2.05) is 39.0 Å². The zero-order valence-electron chi connectivity index (χ0n) is 10.5. The van der Waals surface area contributed by atoms with Gasteiger partial charge in [0.1, 0.15) is 0 Å². The summed E-state index contributed by atoms with van der Waals surface area (Å²) < 4.78 is 10.7. The number of hydrogen-bond donors (Lipinski definition) is 0. The predicted octanol–water partition coefficient (Wildman–Crippen LogP) is 3.82. The molecule has 0 spiro atoms. The smallest absolute Gasteiger partial charge is 0.161 e. The molecule has 0 unspecified atom stereocenters. The Morgan fingerprint density at radius 3 is 2.33 bits per heavy atom. The van der Waals surface area contributed by atoms with Gasteiger partial charge < -0.3 is 9.47 Å². The molecule has 0 fully saturated rings. The van der Waals surface area contributed by atoms with Crippen LogP contribution in [0.5, 0.6) is 11.5 Å². The van der Waals surface area contributed by atoms with Gasteiger partial charge in [-0.2, -0.15) is 0 Å². The van der Waals surface area contributed by atoms with Crippen molar-refractivity contribution in [3.05, 3.63) is 23.8 Å². The molecule has 0 aliphatic rings. The van der Waals surface area contributed by atoms with Crippen molar-refractivity contribution >= 4 is 0 Å². The first-order valence-corrected chi connectivity index (χ1v) is 5.55. The van der Waals surface area contributed by atoms with Crippen molar-refractivity contribution in [2.24, 2.45) is 0 Å². The SMILES string of the molecule is CC.CCCOc1ccc(C)cc1OC. The molecule has 86 valence electrons. The lowest BCUT2D eigenvalue weighted by Gasteiger charge is -2.09. The summed E-state index contributed by atoms with van der Waals surface area (Å²) in [4.78, 5) is 0. The highest BCUT2D eigenvalue weighted by Gasteiger charge is 2.02. The van der Waals surface area contributed by atoms with Gasteiger partial charge >= 0.3 is 0 Å². The molecule has 0 radical (unpaired) electrons. The second-order valence-electron chi connectivity index (χ2n) is 3.00. The molecule has 0 amide bonds. The summed E-state index contributed by atoms with van der Waals surface area (Å²) in [6, 6.07) is 5.95. The van der Waals surface area contributed by atoms with Gasteiger partial charge in [-0.25, -0.2) is 0 Å². The van der Waals surface area contributed by atoms with E-state index >= 15 is 0 Å². The van der Waals surface area contributed by atoms with E-state index in [0.29, 0.717) is 0 Å². The highest BCUT2D eigenvalue weighted by molar-refractivity contribution is 5.42. The third-order valence-corrected chi connectivity index (χ3v) is 1.78. The minimum Gasteiger partial charge on any atom is -0.493 e. The molecule has 0 aromatic heterocycles. The van der Waals surface area contributed by atoms with Gasteiger partial charge in [-0.05, 0) is 31.0 Å². The van der Waals surface area contributed by atoms with E-state index in [9.17, 15) is 0 Å².